The van der Waals surface area contributed by atoms with Crippen LogP contribution in [0.4, 0.5) is 4.79 Å². The molecule has 2 aliphatic rings. The van der Waals surface area contributed by atoms with Crippen LogP contribution in [-0.2, 0) is 16.1 Å². The fourth-order valence-electron chi connectivity index (χ4n) is 3.60. The highest BCUT2D eigenvalue weighted by atomic mass is 16.6. The number of amides is 1. The van der Waals surface area contributed by atoms with E-state index in [4.69, 9.17) is 4.74 Å². The second kappa shape index (κ2) is 8.67. The Hall–Kier alpha value is -1.88. The summed E-state index contributed by atoms with van der Waals surface area (Å²) in [5, 5.41) is 0. The van der Waals surface area contributed by atoms with Crippen molar-refractivity contribution >= 4 is 11.9 Å². The highest BCUT2D eigenvalue weighted by Crippen LogP contribution is 2.30. The second-order valence-corrected chi connectivity index (χ2v) is 7.74. The molecule has 0 spiro atoms. The molecule has 3 rings (SSSR count). The number of carbonyl (C=O) groups excluding carboxylic acids is 2. The number of fused-ring (bicyclic) bond motifs is 1. The fourth-order valence-corrected chi connectivity index (χ4v) is 3.60. The maximum Gasteiger partial charge on any atom is 0.410 e. The van der Waals surface area contributed by atoms with Crippen LogP contribution >= 0.6 is 0 Å². The van der Waals surface area contributed by atoms with Crippen molar-refractivity contribution < 1.29 is 14.3 Å². The van der Waals surface area contributed by atoms with Gasteiger partial charge in [0.15, 0.2) is 0 Å². The minimum Gasteiger partial charge on any atom is -0.444 e. The van der Waals surface area contributed by atoms with Gasteiger partial charge in [0.2, 0.25) is 0 Å². The predicted octanol–water partition coefficient (Wildman–Crippen LogP) is 3.72. The Balaban J connectivity index is 0.00000117. The van der Waals surface area contributed by atoms with Crippen LogP contribution in [0.2, 0.25) is 0 Å². The summed E-state index contributed by atoms with van der Waals surface area (Å²) in [5.41, 5.74) is 0.712. The van der Waals surface area contributed by atoms with Crippen LogP contribution in [0.3, 0.4) is 0 Å². The molecule has 0 aromatic heterocycles. The summed E-state index contributed by atoms with van der Waals surface area (Å²) in [6, 6.07) is 10.2. The quantitative estimate of drug-likeness (QED) is 0.806. The van der Waals surface area contributed by atoms with Crippen LogP contribution in [0.15, 0.2) is 30.3 Å². The summed E-state index contributed by atoms with van der Waals surface area (Å²) in [6.45, 7) is 12.3. The van der Waals surface area contributed by atoms with Gasteiger partial charge in [-0.3, -0.25) is 9.69 Å². The number of benzene rings is 1. The molecule has 26 heavy (non-hydrogen) atoms. The molecule has 0 saturated carbocycles. The van der Waals surface area contributed by atoms with E-state index in [9.17, 15) is 9.59 Å². The SMILES string of the molecule is CC.CC(C)(C)OC(=O)N1CCC(=O)[C@@H]2CN(Cc3ccccc3)C[C@@H]21. The molecule has 0 aliphatic carbocycles. The molecule has 2 atom stereocenters. The Morgan fingerprint density at radius 2 is 1.81 bits per heavy atom. The van der Waals surface area contributed by atoms with Gasteiger partial charge in [-0.05, 0) is 26.3 Å². The number of ketones is 1. The molecule has 2 aliphatic heterocycles. The minimum absolute atomic E-state index is 0.0650. The van der Waals surface area contributed by atoms with E-state index in [0.717, 1.165) is 19.6 Å². The molecule has 0 radical (unpaired) electrons. The van der Waals surface area contributed by atoms with Crippen molar-refractivity contribution in [1.82, 2.24) is 9.80 Å². The Bertz CT molecular complexity index is 609. The molecule has 144 valence electrons. The van der Waals surface area contributed by atoms with Gasteiger partial charge in [-0.25, -0.2) is 4.79 Å². The Kier molecular flexibility index (Phi) is 6.81. The van der Waals surface area contributed by atoms with Crippen molar-refractivity contribution in [3.8, 4) is 0 Å². The number of ether oxygens (including phenoxy) is 1. The zero-order valence-corrected chi connectivity index (χ0v) is 16.7. The topological polar surface area (TPSA) is 49.9 Å². The van der Waals surface area contributed by atoms with Crippen LogP contribution in [0.1, 0.15) is 46.6 Å². The van der Waals surface area contributed by atoms with E-state index >= 15 is 0 Å². The number of piperidine rings is 1. The average Bonchev–Trinajstić information content (AvgIpc) is 3.00. The van der Waals surface area contributed by atoms with E-state index in [1.807, 2.05) is 52.8 Å². The number of Topliss-reactive ketones (excluding diaryl/α,β-unsaturated/α-hetero) is 1. The maximum absolute atomic E-state index is 12.5. The second-order valence-electron chi connectivity index (χ2n) is 7.74. The molecule has 0 bridgehead atoms. The Morgan fingerprint density at radius 1 is 1.15 bits per heavy atom. The van der Waals surface area contributed by atoms with Gasteiger partial charge in [0.25, 0.3) is 0 Å². The van der Waals surface area contributed by atoms with Crippen molar-refractivity contribution in [3.05, 3.63) is 35.9 Å². The number of likely N-dealkylation sites (tertiary alicyclic amines) is 2. The van der Waals surface area contributed by atoms with Gasteiger partial charge < -0.3 is 9.64 Å². The van der Waals surface area contributed by atoms with Gasteiger partial charge in [0.1, 0.15) is 11.4 Å². The fraction of sp³-hybridized carbons (Fsp3) is 0.619. The molecule has 2 saturated heterocycles. The first kappa shape index (κ1) is 20.4. The van der Waals surface area contributed by atoms with Crippen LogP contribution < -0.4 is 0 Å². The Labute approximate surface area is 157 Å². The minimum atomic E-state index is -0.517. The lowest BCUT2D eigenvalue weighted by atomic mass is 9.91. The molecule has 2 heterocycles. The zero-order chi connectivity index (χ0) is 19.3. The summed E-state index contributed by atoms with van der Waals surface area (Å²) < 4.78 is 5.53. The molecule has 2 fully saturated rings. The van der Waals surface area contributed by atoms with Gasteiger partial charge in [0, 0.05) is 32.6 Å². The first-order valence-electron chi connectivity index (χ1n) is 9.62. The van der Waals surface area contributed by atoms with Gasteiger partial charge in [0.05, 0.1) is 12.0 Å². The summed E-state index contributed by atoms with van der Waals surface area (Å²) in [5.74, 6) is 0.186. The normalized spacial score (nSPS) is 23.1. The highest BCUT2D eigenvalue weighted by molar-refractivity contribution is 5.85. The van der Waals surface area contributed by atoms with Crippen molar-refractivity contribution in [2.24, 2.45) is 5.92 Å². The van der Waals surface area contributed by atoms with Crippen LogP contribution in [0.25, 0.3) is 0 Å². The third-order valence-corrected chi connectivity index (χ3v) is 4.65. The number of nitrogens with zero attached hydrogens (tertiary/aromatic N) is 2. The standard InChI is InChI=1S/C19H26N2O3.C2H6/c1-19(2,3)24-18(23)21-10-9-17(22)15-12-20(13-16(15)21)11-14-7-5-4-6-8-14;1-2/h4-8,15-16H,9-13H2,1-3H3;1-2H3/t15-,16+;/m1./s1. The highest BCUT2D eigenvalue weighted by Gasteiger charge is 2.46. The van der Waals surface area contributed by atoms with E-state index in [1.165, 1.54) is 5.56 Å². The van der Waals surface area contributed by atoms with Crippen LogP contribution in [0, 0.1) is 5.92 Å². The summed E-state index contributed by atoms with van der Waals surface area (Å²) >= 11 is 0. The summed E-state index contributed by atoms with van der Waals surface area (Å²) in [7, 11) is 0. The van der Waals surface area contributed by atoms with E-state index in [2.05, 4.69) is 17.0 Å². The van der Waals surface area contributed by atoms with Crippen LogP contribution in [0.5, 0.6) is 0 Å². The summed E-state index contributed by atoms with van der Waals surface area (Å²) in [6.07, 6.45) is 0.131. The summed E-state index contributed by atoms with van der Waals surface area (Å²) in [4.78, 5) is 28.9. The van der Waals surface area contributed by atoms with Gasteiger partial charge >= 0.3 is 6.09 Å². The molecule has 5 heteroatoms. The predicted molar refractivity (Wildman–Crippen MR) is 103 cm³/mol. The van der Waals surface area contributed by atoms with Crippen molar-refractivity contribution in [1.29, 1.82) is 0 Å². The third kappa shape index (κ3) is 5.07. The lowest BCUT2D eigenvalue weighted by Gasteiger charge is -2.37. The van der Waals surface area contributed by atoms with Gasteiger partial charge in [-0.15, -0.1) is 0 Å². The van der Waals surface area contributed by atoms with Crippen molar-refractivity contribution in [2.75, 3.05) is 19.6 Å². The van der Waals surface area contributed by atoms with E-state index < -0.39 is 5.60 Å². The molecule has 5 nitrogen and oxygen atoms in total. The molecule has 0 unspecified atom stereocenters. The third-order valence-electron chi connectivity index (χ3n) is 4.65. The molecular weight excluding hydrogens is 328 g/mol. The molecular formula is C21H32N2O3. The van der Waals surface area contributed by atoms with Crippen molar-refractivity contribution in [3.63, 3.8) is 0 Å². The molecule has 0 N–H and O–H groups in total. The molecule has 1 aromatic carbocycles. The van der Waals surface area contributed by atoms with Gasteiger partial charge in [-0.1, -0.05) is 44.2 Å². The largest absolute Gasteiger partial charge is 0.444 e. The zero-order valence-electron chi connectivity index (χ0n) is 16.7. The maximum atomic E-state index is 12.5. The first-order chi connectivity index (χ1) is 12.3. The number of carbonyl (C=O) groups is 2. The molecule has 1 aromatic rings. The lowest BCUT2D eigenvalue weighted by Crippen LogP contribution is -2.53. The van der Waals surface area contributed by atoms with E-state index in [1.54, 1.807) is 4.90 Å². The van der Waals surface area contributed by atoms with E-state index in [0.29, 0.717) is 13.0 Å². The monoisotopic (exact) mass is 360 g/mol. The first-order valence-corrected chi connectivity index (χ1v) is 9.62. The van der Waals surface area contributed by atoms with Crippen LogP contribution in [-0.4, -0.2) is 53.0 Å². The average molecular weight is 360 g/mol. The number of hydrogen-bond acceptors (Lipinski definition) is 4. The lowest BCUT2D eigenvalue weighted by molar-refractivity contribution is -0.126. The number of hydrogen-bond donors (Lipinski definition) is 0. The molecule has 1 amide bonds. The Morgan fingerprint density at radius 3 is 2.42 bits per heavy atom. The number of rotatable bonds is 2. The van der Waals surface area contributed by atoms with Crippen molar-refractivity contribution in [2.45, 2.75) is 59.2 Å². The smallest absolute Gasteiger partial charge is 0.410 e. The van der Waals surface area contributed by atoms with E-state index in [-0.39, 0.29) is 23.8 Å². The van der Waals surface area contributed by atoms with Gasteiger partial charge in [-0.2, -0.15) is 0 Å².